The Kier molecular flexibility index (Phi) is 16.2. The van der Waals surface area contributed by atoms with E-state index in [1.165, 1.54) is 70.0 Å². The van der Waals surface area contributed by atoms with Crippen LogP contribution in [0.3, 0.4) is 0 Å². The average molecular weight is 882 g/mol. The molecule has 13 heteroatoms. The number of aliphatic hydroxyl groups is 1. The Morgan fingerprint density at radius 1 is 0.703 bits per heavy atom. The summed E-state index contributed by atoms with van der Waals surface area (Å²) in [5.41, 5.74) is 9.54. The quantitative estimate of drug-likeness (QED) is 0.118. The molecule has 3 N–H and O–H groups in total. The van der Waals surface area contributed by atoms with Gasteiger partial charge >= 0.3 is 5.97 Å². The number of ether oxygens (including phenoxy) is 2. The van der Waals surface area contributed by atoms with E-state index in [1.54, 1.807) is 23.9 Å². The lowest BCUT2D eigenvalue weighted by atomic mass is 9.75. The van der Waals surface area contributed by atoms with E-state index in [-0.39, 0.29) is 37.3 Å². The maximum Gasteiger partial charge on any atom is 0.303 e. The first-order chi connectivity index (χ1) is 31.0. The number of rotatable bonds is 15. The Bertz CT molecular complexity index is 2270. The van der Waals surface area contributed by atoms with E-state index in [1.807, 2.05) is 12.1 Å². The lowest BCUT2D eigenvalue weighted by Crippen LogP contribution is -2.30. The summed E-state index contributed by atoms with van der Waals surface area (Å²) in [5, 5.41) is 22.7. The van der Waals surface area contributed by atoms with Gasteiger partial charge < -0.3 is 43.9 Å². The lowest BCUT2D eigenvalue weighted by Gasteiger charge is -2.33. The third kappa shape index (κ3) is 10.9. The van der Waals surface area contributed by atoms with Gasteiger partial charge in [0, 0.05) is 131 Å². The Labute approximate surface area is 378 Å². The molecule has 2 fully saturated rings. The summed E-state index contributed by atoms with van der Waals surface area (Å²) in [6, 6.07) is 12.2. The molecule has 13 nitrogen and oxygen atoms in total. The van der Waals surface area contributed by atoms with E-state index in [0.717, 1.165) is 83.3 Å². The lowest BCUT2D eigenvalue weighted by molar-refractivity contribution is -0.137. The number of carboxylic acid groups (broad SMARTS) is 1. The summed E-state index contributed by atoms with van der Waals surface area (Å²) in [6.45, 7) is 7.86. The van der Waals surface area contributed by atoms with Crippen molar-refractivity contribution in [3.05, 3.63) is 70.0 Å². The molecule has 2 atom stereocenters. The van der Waals surface area contributed by atoms with Crippen LogP contribution in [0.25, 0.3) is 21.8 Å². The van der Waals surface area contributed by atoms with Crippen LogP contribution in [0.2, 0.25) is 0 Å². The highest BCUT2D eigenvalue weighted by molar-refractivity contribution is 6.00. The average Bonchev–Trinajstić information content (AvgIpc) is 3.79. The number of hydrogen-bond acceptors (Lipinski definition) is 7. The summed E-state index contributed by atoms with van der Waals surface area (Å²) in [5.74, 6) is 1.91. The third-order valence-corrected chi connectivity index (χ3v) is 14.7. The maximum atomic E-state index is 13.2. The fourth-order valence-electron chi connectivity index (χ4n) is 11.2. The molecule has 2 aliphatic heterocycles. The zero-order valence-electron chi connectivity index (χ0n) is 38.7. The predicted molar refractivity (Wildman–Crippen MR) is 249 cm³/mol. The minimum absolute atomic E-state index is 0.00699. The van der Waals surface area contributed by atoms with Gasteiger partial charge in [0.05, 0.1) is 6.61 Å². The number of carbonyl (C=O) groups is 4. The van der Waals surface area contributed by atoms with Crippen molar-refractivity contribution in [2.75, 3.05) is 66.8 Å². The molecule has 3 amide bonds. The van der Waals surface area contributed by atoms with Crippen LogP contribution in [0.1, 0.15) is 114 Å². The third-order valence-electron chi connectivity index (χ3n) is 14.7. The molecule has 2 unspecified atom stereocenters. The van der Waals surface area contributed by atoms with Gasteiger partial charge in [0.2, 0.25) is 5.91 Å². The normalized spacial score (nSPS) is 19.1. The van der Waals surface area contributed by atoms with Crippen molar-refractivity contribution in [2.45, 2.75) is 103 Å². The van der Waals surface area contributed by atoms with Crippen molar-refractivity contribution in [1.29, 1.82) is 0 Å². The molecule has 0 saturated carbocycles. The van der Waals surface area contributed by atoms with Gasteiger partial charge in [-0.15, -0.1) is 0 Å². The van der Waals surface area contributed by atoms with Crippen LogP contribution in [-0.4, -0.2) is 120 Å². The van der Waals surface area contributed by atoms with Crippen LogP contribution in [0.4, 0.5) is 0 Å². The van der Waals surface area contributed by atoms with Crippen molar-refractivity contribution < 1.29 is 38.9 Å². The van der Waals surface area contributed by atoms with E-state index < -0.39 is 5.97 Å². The highest BCUT2D eigenvalue weighted by atomic mass is 16.5. The van der Waals surface area contributed by atoms with Gasteiger partial charge in [0.1, 0.15) is 0 Å². The molecular weight excluding hydrogens is 811 g/mol. The zero-order chi connectivity index (χ0) is 45.3. The second-order valence-corrected chi connectivity index (χ2v) is 18.7. The van der Waals surface area contributed by atoms with Gasteiger partial charge in [-0.1, -0.05) is 0 Å². The van der Waals surface area contributed by atoms with Gasteiger partial charge in [0.15, 0.2) is 0 Å². The Hall–Kier alpha value is -4.72. The predicted octanol–water partition coefficient (Wildman–Crippen LogP) is 6.80. The van der Waals surface area contributed by atoms with Crippen LogP contribution in [0.15, 0.2) is 36.4 Å². The van der Waals surface area contributed by atoms with Gasteiger partial charge in [0.25, 0.3) is 11.8 Å². The maximum absolute atomic E-state index is 13.2. The van der Waals surface area contributed by atoms with Crippen molar-refractivity contribution in [3.8, 4) is 0 Å². The number of fused-ring (bicyclic) bond motifs is 6. The second-order valence-electron chi connectivity index (χ2n) is 18.7. The summed E-state index contributed by atoms with van der Waals surface area (Å²) in [6.07, 6.45) is 13.0. The summed E-state index contributed by atoms with van der Waals surface area (Å²) < 4.78 is 15.9. The summed E-state index contributed by atoms with van der Waals surface area (Å²) >= 11 is 0. The number of nitrogens with zero attached hydrogens (tertiary/aromatic N) is 4. The molecule has 2 aromatic carbocycles. The van der Waals surface area contributed by atoms with Crippen LogP contribution in [0, 0.1) is 23.7 Å². The summed E-state index contributed by atoms with van der Waals surface area (Å²) in [4.78, 5) is 51.9. The molecule has 4 aromatic rings. The molecule has 2 aromatic heterocycles. The minimum atomic E-state index is -0.827. The smallest absolute Gasteiger partial charge is 0.303 e. The van der Waals surface area contributed by atoms with Crippen molar-refractivity contribution in [3.63, 3.8) is 0 Å². The van der Waals surface area contributed by atoms with Crippen LogP contribution in [-0.2, 0) is 58.3 Å². The first-order valence-corrected chi connectivity index (χ1v) is 24.0. The number of hydrogen-bond donors (Lipinski definition) is 3. The molecule has 0 bridgehead atoms. The fourth-order valence-corrected chi connectivity index (χ4v) is 11.2. The van der Waals surface area contributed by atoms with Crippen LogP contribution >= 0.6 is 0 Å². The molecule has 8 rings (SSSR count). The molecule has 0 spiro atoms. The number of aliphatic carboxylic acids is 1. The topological polar surface area (TPSA) is 156 Å². The number of aliphatic hydroxyl groups excluding tert-OH is 1. The molecular formula is C51H71N5O8. The van der Waals surface area contributed by atoms with Gasteiger partial charge in [-0.2, -0.15) is 0 Å². The minimum Gasteiger partial charge on any atom is -0.481 e. The molecule has 2 aliphatic carbocycles. The second kappa shape index (κ2) is 22.0. The Balaban J connectivity index is 0.000000193. The number of carbonyl (C=O) groups excluding carboxylic acids is 3. The van der Waals surface area contributed by atoms with E-state index in [0.29, 0.717) is 55.3 Å². The number of benzene rings is 2. The fraction of sp³-hybridized carbons (Fsp3) is 0.608. The highest BCUT2D eigenvalue weighted by Gasteiger charge is 2.33. The SMILES string of the molecule is CCn1c2c(c3cc(C(=O)N(C)CCCC(=O)NCCO)ccc31)CC(C1CCOCC1)CC2.CN(CCCC(=O)O)C(=O)c1ccc2c(c1)c1c(n2C)CCC(C2CCOCC2)C1. The number of nitrogens with one attached hydrogen (secondary N) is 1. The number of amides is 3. The van der Waals surface area contributed by atoms with Crippen molar-refractivity contribution in [1.82, 2.24) is 24.3 Å². The highest BCUT2D eigenvalue weighted by Crippen LogP contribution is 2.41. The van der Waals surface area contributed by atoms with Crippen molar-refractivity contribution in [2.24, 2.45) is 30.7 Å². The molecule has 64 heavy (non-hydrogen) atoms. The number of aromatic nitrogens is 2. The van der Waals surface area contributed by atoms with E-state index in [4.69, 9.17) is 19.7 Å². The first kappa shape index (κ1) is 47.2. The van der Waals surface area contributed by atoms with Crippen LogP contribution in [0.5, 0.6) is 0 Å². The van der Waals surface area contributed by atoms with Gasteiger partial charge in [-0.25, -0.2) is 0 Å². The monoisotopic (exact) mass is 882 g/mol. The summed E-state index contributed by atoms with van der Waals surface area (Å²) in [7, 11) is 5.68. The Morgan fingerprint density at radius 2 is 1.20 bits per heavy atom. The van der Waals surface area contributed by atoms with Crippen LogP contribution < -0.4 is 5.32 Å². The Morgan fingerprint density at radius 3 is 1.73 bits per heavy atom. The molecule has 348 valence electrons. The van der Waals surface area contributed by atoms with E-state index >= 15 is 0 Å². The molecule has 4 aliphatic rings. The molecule has 4 heterocycles. The molecule has 0 radical (unpaired) electrons. The van der Waals surface area contributed by atoms with Gasteiger partial charge in [-0.3, -0.25) is 19.2 Å². The van der Waals surface area contributed by atoms with E-state index in [2.05, 4.69) is 52.7 Å². The first-order valence-electron chi connectivity index (χ1n) is 24.0. The standard InChI is InChI=1S/C27H39N3O4.C24H32N2O4/c1-3-30-24-8-6-20(19-10-15-34-16-11-19)17-22(24)23-18-21(7-9-25(23)30)27(33)29(2)13-4-5-26(32)28-12-14-31;1-25(11-3-4-23(27)28)24(29)18-6-8-22-20(15-18)19-14-17(5-7-21(19)26(22)2)16-9-12-30-13-10-16/h7,9,18-20,31H,3-6,8,10-17H2,1-2H3,(H,28,32);6,8,15-17H,3-5,7,9-14H2,1-2H3,(H,27,28). The van der Waals surface area contributed by atoms with Gasteiger partial charge in [-0.05, 0) is 155 Å². The van der Waals surface area contributed by atoms with E-state index in [9.17, 15) is 19.2 Å². The van der Waals surface area contributed by atoms with Crippen molar-refractivity contribution >= 4 is 45.5 Å². The number of aryl methyl sites for hydroxylation is 2. The largest absolute Gasteiger partial charge is 0.481 e. The number of carboxylic acids is 1. The zero-order valence-corrected chi connectivity index (χ0v) is 38.7. The molecule has 2 saturated heterocycles.